The maximum Gasteiger partial charge on any atom is 0.272 e. The van der Waals surface area contributed by atoms with Gasteiger partial charge in [0.1, 0.15) is 0 Å². The number of anilines is 1. The molecule has 2 rings (SSSR count). The fourth-order valence-corrected chi connectivity index (χ4v) is 3.08. The zero-order valence-corrected chi connectivity index (χ0v) is 13.6. The Morgan fingerprint density at radius 3 is 2.35 bits per heavy atom. The van der Waals surface area contributed by atoms with Crippen molar-refractivity contribution in [2.75, 3.05) is 5.32 Å². The maximum absolute atomic E-state index is 11.4. The van der Waals surface area contributed by atoms with Crippen molar-refractivity contribution >= 4 is 21.4 Å². The molecule has 0 bridgehead atoms. The highest BCUT2D eigenvalue weighted by Gasteiger charge is 2.12. The molecule has 7 nitrogen and oxygen atoms in total. The molecule has 122 valence electrons. The Hall–Kier alpha value is -2.45. The summed E-state index contributed by atoms with van der Waals surface area (Å²) in [7, 11) is -3.72. The van der Waals surface area contributed by atoms with Crippen molar-refractivity contribution < 1.29 is 13.3 Å². The minimum absolute atomic E-state index is 0.0731. The summed E-state index contributed by atoms with van der Waals surface area (Å²) in [5.41, 5.74) is 2.85. The molecule has 0 amide bonds. The Morgan fingerprint density at radius 1 is 1.13 bits per heavy atom. The Balaban J connectivity index is 2.14. The molecule has 0 saturated carbocycles. The van der Waals surface area contributed by atoms with Gasteiger partial charge in [-0.3, -0.25) is 10.1 Å². The first-order valence-electron chi connectivity index (χ1n) is 6.80. The lowest BCUT2D eigenvalue weighted by Gasteiger charge is -2.10. The number of aryl methyl sites for hydroxylation is 2. The molecule has 3 N–H and O–H groups in total. The van der Waals surface area contributed by atoms with Gasteiger partial charge < -0.3 is 5.32 Å². The van der Waals surface area contributed by atoms with Crippen LogP contribution in [-0.4, -0.2) is 13.3 Å². The van der Waals surface area contributed by atoms with Gasteiger partial charge in [-0.25, -0.2) is 13.6 Å². The first kappa shape index (κ1) is 16.9. The van der Waals surface area contributed by atoms with Crippen molar-refractivity contribution in [2.24, 2.45) is 5.14 Å². The number of hydrogen-bond acceptors (Lipinski definition) is 5. The van der Waals surface area contributed by atoms with E-state index in [1.165, 1.54) is 12.1 Å². The van der Waals surface area contributed by atoms with E-state index in [2.05, 4.69) is 5.32 Å². The number of nitrogens with two attached hydrogens (primary N) is 1. The van der Waals surface area contributed by atoms with Crippen LogP contribution >= 0.6 is 0 Å². The van der Waals surface area contributed by atoms with Crippen molar-refractivity contribution in [3.05, 3.63) is 63.2 Å². The van der Waals surface area contributed by atoms with E-state index in [4.69, 9.17) is 5.14 Å². The van der Waals surface area contributed by atoms with E-state index in [1.807, 2.05) is 0 Å². The molecule has 0 unspecified atom stereocenters. The van der Waals surface area contributed by atoms with Crippen LogP contribution in [0.5, 0.6) is 0 Å². The molecule has 0 radical (unpaired) electrons. The maximum atomic E-state index is 11.4. The molecule has 23 heavy (non-hydrogen) atoms. The van der Waals surface area contributed by atoms with Gasteiger partial charge in [-0.05, 0) is 43.2 Å². The van der Waals surface area contributed by atoms with Crippen LogP contribution in [0.3, 0.4) is 0 Å². The lowest BCUT2D eigenvalue weighted by molar-refractivity contribution is -0.385. The fourth-order valence-electron chi connectivity index (χ4n) is 2.32. The molecular formula is C15H17N3O4S. The second-order valence-electron chi connectivity index (χ2n) is 5.26. The lowest BCUT2D eigenvalue weighted by Crippen LogP contribution is -2.14. The summed E-state index contributed by atoms with van der Waals surface area (Å²) >= 11 is 0. The standard InChI is InChI=1S/C15H17N3O4S/c1-10-8-13(4-5-14(10)18(19)20)17-9-12-3-6-15(11(2)7-12)23(16,21)22/h3-8,17H,9H2,1-2H3,(H2,16,21,22). The number of nitro benzene ring substituents is 1. The smallest absolute Gasteiger partial charge is 0.272 e. The van der Waals surface area contributed by atoms with E-state index in [0.717, 1.165) is 11.3 Å². The molecular weight excluding hydrogens is 318 g/mol. The third-order valence-corrected chi connectivity index (χ3v) is 4.51. The number of hydrogen-bond donors (Lipinski definition) is 2. The number of nitrogens with zero attached hydrogens (tertiary/aromatic N) is 1. The molecule has 0 aromatic heterocycles. The van der Waals surface area contributed by atoms with Gasteiger partial charge in [0, 0.05) is 23.9 Å². The topological polar surface area (TPSA) is 115 Å². The highest BCUT2D eigenvalue weighted by molar-refractivity contribution is 7.89. The van der Waals surface area contributed by atoms with E-state index >= 15 is 0 Å². The van der Waals surface area contributed by atoms with E-state index in [9.17, 15) is 18.5 Å². The Labute approximate surface area is 134 Å². The lowest BCUT2D eigenvalue weighted by atomic mass is 10.1. The first-order valence-corrected chi connectivity index (χ1v) is 8.34. The summed E-state index contributed by atoms with van der Waals surface area (Å²) < 4.78 is 22.8. The molecule has 8 heteroatoms. The van der Waals surface area contributed by atoms with Crippen molar-refractivity contribution in [2.45, 2.75) is 25.3 Å². The zero-order chi connectivity index (χ0) is 17.2. The van der Waals surface area contributed by atoms with Gasteiger partial charge in [0.15, 0.2) is 0 Å². The average Bonchev–Trinajstić information content (AvgIpc) is 2.43. The van der Waals surface area contributed by atoms with E-state index in [-0.39, 0.29) is 10.6 Å². The summed E-state index contributed by atoms with van der Waals surface area (Å²) in [5.74, 6) is 0. The number of nitro groups is 1. The van der Waals surface area contributed by atoms with Gasteiger partial charge >= 0.3 is 0 Å². The van der Waals surface area contributed by atoms with E-state index < -0.39 is 14.9 Å². The molecule has 0 aliphatic carbocycles. The third-order valence-electron chi connectivity index (χ3n) is 3.44. The second-order valence-corrected chi connectivity index (χ2v) is 6.79. The van der Waals surface area contributed by atoms with Crippen LogP contribution in [0.2, 0.25) is 0 Å². The predicted molar refractivity (Wildman–Crippen MR) is 87.7 cm³/mol. The van der Waals surface area contributed by atoms with Gasteiger partial charge in [0.05, 0.1) is 9.82 Å². The Bertz CT molecular complexity index is 863. The monoisotopic (exact) mass is 335 g/mol. The molecule has 0 heterocycles. The quantitative estimate of drug-likeness (QED) is 0.643. The van der Waals surface area contributed by atoms with Crippen LogP contribution in [0.15, 0.2) is 41.3 Å². The normalized spacial score (nSPS) is 11.3. The highest BCUT2D eigenvalue weighted by atomic mass is 32.2. The van der Waals surface area contributed by atoms with Gasteiger partial charge in [-0.15, -0.1) is 0 Å². The SMILES string of the molecule is Cc1cc(NCc2ccc(S(N)(=O)=O)c(C)c2)ccc1[N+](=O)[O-]. The Morgan fingerprint density at radius 2 is 1.83 bits per heavy atom. The number of primary sulfonamides is 1. The van der Waals surface area contributed by atoms with Crippen LogP contribution in [-0.2, 0) is 16.6 Å². The molecule has 0 atom stereocenters. The van der Waals surface area contributed by atoms with Crippen molar-refractivity contribution in [3.8, 4) is 0 Å². The van der Waals surface area contributed by atoms with Crippen LogP contribution in [0.1, 0.15) is 16.7 Å². The highest BCUT2D eigenvalue weighted by Crippen LogP contribution is 2.22. The van der Waals surface area contributed by atoms with Crippen LogP contribution < -0.4 is 10.5 Å². The molecule has 0 fully saturated rings. The zero-order valence-electron chi connectivity index (χ0n) is 12.7. The van der Waals surface area contributed by atoms with E-state index in [1.54, 1.807) is 38.1 Å². The van der Waals surface area contributed by atoms with Gasteiger partial charge in [0.25, 0.3) is 5.69 Å². The molecule has 0 saturated heterocycles. The van der Waals surface area contributed by atoms with Crippen molar-refractivity contribution in [3.63, 3.8) is 0 Å². The van der Waals surface area contributed by atoms with Gasteiger partial charge in [0.2, 0.25) is 10.0 Å². The minimum atomic E-state index is -3.72. The van der Waals surface area contributed by atoms with Crippen LogP contribution in [0, 0.1) is 24.0 Å². The fraction of sp³-hybridized carbons (Fsp3) is 0.200. The van der Waals surface area contributed by atoms with Crippen molar-refractivity contribution in [1.82, 2.24) is 0 Å². The van der Waals surface area contributed by atoms with E-state index in [0.29, 0.717) is 17.7 Å². The molecule has 2 aromatic rings. The summed E-state index contributed by atoms with van der Waals surface area (Å²) in [5, 5.41) is 19.1. The second kappa shape index (κ2) is 6.35. The molecule has 2 aromatic carbocycles. The van der Waals surface area contributed by atoms with Crippen molar-refractivity contribution in [1.29, 1.82) is 0 Å². The number of nitrogens with one attached hydrogen (secondary N) is 1. The predicted octanol–water partition coefficient (Wildman–Crippen LogP) is 2.47. The number of benzene rings is 2. The molecule has 0 spiro atoms. The minimum Gasteiger partial charge on any atom is -0.381 e. The number of sulfonamides is 1. The summed E-state index contributed by atoms with van der Waals surface area (Å²) in [6.45, 7) is 3.82. The third kappa shape index (κ3) is 4.05. The summed E-state index contributed by atoms with van der Waals surface area (Å²) in [6, 6.07) is 9.68. The van der Waals surface area contributed by atoms with Gasteiger partial charge in [-0.2, -0.15) is 0 Å². The first-order chi connectivity index (χ1) is 10.7. The average molecular weight is 335 g/mol. The van der Waals surface area contributed by atoms with Crippen LogP contribution in [0.4, 0.5) is 11.4 Å². The number of rotatable bonds is 5. The molecule has 0 aliphatic heterocycles. The Kier molecular flexibility index (Phi) is 4.67. The summed E-state index contributed by atoms with van der Waals surface area (Å²) in [4.78, 5) is 10.5. The van der Waals surface area contributed by atoms with Crippen LogP contribution in [0.25, 0.3) is 0 Å². The van der Waals surface area contributed by atoms with Gasteiger partial charge in [-0.1, -0.05) is 12.1 Å². The largest absolute Gasteiger partial charge is 0.381 e. The molecule has 0 aliphatic rings. The summed E-state index contributed by atoms with van der Waals surface area (Å²) in [6.07, 6.45) is 0.